The van der Waals surface area contributed by atoms with Crippen molar-refractivity contribution in [2.24, 2.45) is 11.1 Å². The second-order valence-electron chi connectivity index (χ2n) is 5.42. The Morgan fingerprint density at radius 1 is 1.38 bits per heavy atom. The normalized spacial score (nSPS) is 11.6. The third-order valence-electron chi connectivity index (χ3n) is 3.25. The number of amides is 2. The van der Waals surface area contributed by atoms with Gasteiger partial charge in [-0.25, -0.2) is 0 Å². The van der Waals surface area contributed by atoms with Gasteiger partial charge in [0.05, 0.1) is 11.1 Å². The zero-order valence-corrected chi connectivity index (χ0v) is 13.3. The number of benzene rings is 1. The Bertz CT molecular complexity index is 724. The standard InChI is InChI=1S/C14H16ClN3O2S/c1-14(2,13(17)20)6-18-12(19)11-10(16)8-4-3-7(15)5-9(8)21-11/h3-5H,6,16H2,1-2H3,(H2,17,20)(H,18,19). The molecule has 0 saturated carbocycles. The molecule has 1 aromatic carbocycles. The minimum Gasteiger partial charge on any atom is -0.397 e. The predicted octanol–water partition coefficient (Wildman–Crippen LogP) is 2.38. The van der Waals surface area contributed by atoms with Crippen LogP contribution >= 0.6 is 22.9 Å². The molecular formula is C14H16ClN3O2S. The first-order valence-corrected chi connectivity index (χ1v) is 7.47. The van der Waals surface area contributed by atoms with Crippen LogP contribution in [0.1, 0.15) is 23.5 Å². The van der Waals surface area contributed by atoms with Crippen molar-refractivity contribution in [3.05, 3.63) is 28.1 Å². The second-order valence-corrected chi connectivity index (χ2v) is 6.90. The van der Waals surface area contributed by atoms with Crippen LogP contribution in [0.3, 0.4) is 0 Å². The number of primary amides is 1. The molecule has 0 fully saturated rings. The Balaban J connectivity index is 2.24. The van der Waals surface area contributed by atoms with E-state index >= 15 is 0 Å². The molecule has 0 spiro atoms. The van der Waals surface area contributed by atoms with E-state index in [-0.39, 0.29) is 12.5 Å². The molecule has 5 nitrogen and oxygen atoms in total. The van der Waals surface area contributed by atoms with Crippen LogP contribution in [-0.4, -0.2) is 18.4 Å². The largest absolute Gasteiger partial charge is 0.397 e. The van der Waals surface area contributed by atoms with Crippen molar-refractivity contribution in [2.45, 2.75) is 13.8 Å². The van der Waals surface area contributed by atoms with Gasteiger partial charge in [0.1, 0.15) is 4.88 Å². The molecule has 0 aliphatic carbocycles. The van der Waals surface area contributed by atoms with Gasteiger partial charge in [0.25, 0.3) is 5.91 Å². The van der Waals surface area contributed by atoms with Crippen LogP contribution in [-0.2, 0) is 4.79 Å². The molecule has 21 heavy (non-hydrogen) atoms. The summed E-state index contributed by atoms with van der Waals surface area (Å²) in [5, 5.41) is 4.08. The van der Waals surface area contributed by atoms with Gasteiger partial charge in [-0.2, -0.15) is 0 Å². The molecule has 1 aromatic heterocycles. The van der Waals surface area contributed by atoms with Crippen LogP contribution in [0.5, 0.6) is 0 Å². The van der Waals surface area contributed by atoms with Gasteiger partial charge in [-0.15, -0.1) is 11.3 Å². The number of thiophene rings is 1. The molecule has 0 aliphatic heterocycles. The van der Waals surface area contributed by atoms with Crippen molar-refractivity contribution in [1.29, 1.82) is 0 Å². The van der Waals surface area contributed by atoms with Gasteiger partial charge < -0.3 is 16.8 Å². The summed E-state index contributed by atoms with van der Waals surface area (Å²) in [7, 11) is 0. The van der Waals surface area contributed by atoms with Gasteiger partial charge in [0, 0.05) is 21.7 Å². The Kier molecular flexibility index (Phi) is 4.11. The van der Waals surface area contributed by atoms with Gasteiger partial charge in [-0.3, -0.25) is 9.59 Å². The fourth-order valence-electron chi connectivity index (χ4n) is 1.73. The van der Waals surface area contributed by atoms with Crippen molar-refractivity contribution in [3.8, 4) is 0 Å². The zero-order chi connectivity index (χ0) is 15.8. The van der Waals surface area contributed by atoms with Gasteiger partial charge in [0.2, 0.25) is 5.91 Å². The van der Waals surface area contributed by atoms with E-state index in [0.717, 1.165) is 10.1 Å². The third-order valence-corrected chi connectivity index (χ3v) is 4.66. The van der Waals surface area contributed by atoms with Crippen molar-refractivity contribution in [2.75, 3.05) is 12.3 Å². The lowest BCUT2D eigenvalue weighted by atomic mass is 9.93. The fourth-order valence-corrected chi connectivity index (χ4v) is 3.04. The molecule has 0 bridgehead atoms. The van der Waals surface area contributed by atoms with Gasteiger partial charge >= 0.3 is 0 Å². The molecule has 112 valence electrons. The highest BCUT2D eigenvalue weighted by Crippen LogP contribution is 2.35. The molecule has 7 heteroatoms. The SMILES string of the molecule is CC(C)(CNC(=O)c1sc2cc(Cl)ccc2c1N)C(N)=O. The van der Waals surface area contributed by atoms with E-state index in [4.69, 9.17) is 23.1 Å². The highest BCUT2D eigenvalue weighted by molar-refractivity contribution is 7.21. The topological polar surface area (TPSA) is 98.2 Å². The summed E-state index contributed by atoms with van der Waals surface area (Å²) in [6, 6.07) is 5.28. The summed E-state index contributed by atoms with van der Waals surface area (Å²) in [5.41, 5.74) is 10.9. The number of hydrogen-bond acceptors (Lipinski definition) is 4. The second kappa shape index (κ2) is 5.54. The zero-order valence-electron chi connectivity index (χ0n) is 11.7. The number of carbonyl (C=O) groups is 2. The van der Waals surface area contributed by atoms with Gasteiger partial charge in [-0.05, 0) is 32.0 Å². The maximum atomic E-state index is 12.2. The van der Waals surface area contributed by atoms with Gasteiger partial charge in [-0.1, -0.05) is 11.6 Å². The van der Waals surface area contributed by atoms with E-state index in [0.29, 0.717) is 15.6 Å². The van der Waals surface area contributed by atoms with Crippen LogP contribution in [0.25, 0.3) is 10.1 Å². The molecule has 2 aromatic rings. The molecule has 0 radical (unpaired) electrons. The lowest BCUT2D eigenvalue weighted by molar-refractivity contribution is -0.125. The van der Waals surface area contributed by atoms with Crippen LogP contribution in [0.2, 0.25) is 5.02 Å². The first-order valence-electron chi connectivity index (χ1n) is 6.28. The highest BCUT2D eigenvalue weighted by Gasteiger charge is 2.26. The van der Waals surface area contributed by atoms with E-state index in [2.05, 4.69) is 5.32 Å². The minimum atomic E-state index is -0.815. The maximum Gasteiger partial charge on any atom is 0.263 e. The monoisotopic (exact) mass is 325 g/mol. The Hall–Kier alpha value is -1.79. The Labute approximate surface area is 131 Å². The van der Waals surface area contributed by atoms with Crippen LogP contribution in [0.15, 0.2) is 18.2 Å². The molecule has 2 amide bonds. The fraction of sp³-hybridized carbons (Fsp3) is 0.286. The number of nitrogens with two attached hydrogens (primary N) is 2. The summed E-state index contributed by atoms with van der Waals surface area (Å²) >= 11 is 7.20. The van der Waals surface area contributed by atoms with Crippen LogP contribution < -0.4 is 16.8 Å². The predicted molar refractivity (Wildman–Crippen MR) is 86.6 cm³/mol. The third kappa shape index (κ3) is 3.11. The Morgan fingerprint density at radius 3 is 2.67 bits per heavy atom. The van der Waals surface area contributed by atoms with Crippen molar-refractivity contribution >= 4 is 50.5 Å². The van der Waals surface area contributed by atoms with E-state index in [1.807, 2.05) is 0 Å². The quantitative estimate of drug-likeness (QED) is 0.804. The number of hydrogen-bond donors (Lipinski definition) is 3. The van der Waals surface area contributed by atoms with Crippen molar-refractivity contribution in [1.82, 2.24) is 5.32 Å². The van der Waals surface area contributed by atoms with E-state index in [1.54, 1.807) is 32.0 Å². The number of anilines is 1. The average Bonchev–Trinajstić information content (AvgIpc) is 2.72. The lowest BCUT2D eigenvalue weighted by Crippen LogP contribution is -2.42. The molecule has 2 rings (SSSR count). The minimum absolute atomic E-state index is 0.148. The molecule has 1 heterocycles. The summed E-state index contributed by atoms with van der Waals surface area (Å²) in [4.78, 5) is 23.9. The Morgan fingerprint density at radius 2 is 2.05 bits per heavy atom. The first-order chi connectivity index (χ1) is 9.72. The van der Waals surface area contributed by atoms with E-state index in [9.17, 15) is 9.59 Å². The van der Waals surface area contributed by atoms with Crippen LogP contribution in [0, 0.1) is 5.41 Å². The van der Waals surface area contributed by atoms with Crippen molar-refractivity contribution < 1.29 is 9.59 Å². The smallest absolute Gasteiger partial charge is 0.263 e. The summed E-state index contributed by atoms with van der Waals surface area (Å²) in [6.07, 6.45) is 0. The van der Waals surface area contributed by atoms with Crippen molar-refractivity contribution in [3.63, 3.8) is 0 Å². The van der Waals surface area contributed by atoms with E-state index in [1.165, 1.54) is 11.3 Å². The highest BCUT2D eigenvalue weighted by atomic mass is 35.5. The summed E-state index contributed by atoms with van der Waals surface area (Å²) in [5.74, 6) is -0.793. The van der Waals surface area contributed by atoms with Crippen LogP contribution in [0.4, 0.5) is 5.69 Å². The number of rotatable bonds is 4. The molecule has 0 saturated heterocycles. The molecular weight excluding hydrogens is 310 g/mol. The molecule has 0 unspecified atom stereocenters. The number of fused-ring (bicyclic) bond motifs is 1. The number of nitrogens with one attached hydrogen (secondary N) is 1. The number of nitrogen functional groups attached to an aromatic ring is 1. The molecule has 0 aliphatic rings. The molecule has 5 N–H and O–H groups in total. The lowest BCUT2D eigenvalue weighted by Gasteiger charge is -2.20. The summed E-state index contributed by atoms with van der Waals surface area (Å²) < 4.78 is 0.847. The maximum absolute atomic E-state index is 12.2. The van der Waals surface area contributed by atoms with Gasteiger partial charge in [0.15, 0.2) is 0 Å². The first kappa shape index (κ1) is 15.6. The van der Waals surface area contributed by atoms with E-state index < -0.39 is 11.3 Å². The average molecular weight is 326 g/mol. The molecule has 0 atom stereocenters. The summed E-state index contributed by atoms with van der Waals surface area (Å²) in [6.45, 7) is 3.49. The number of carbonyl (C=O) groups excluding carboxylic acids is 2. The number of halogens is 1.